The summed E-state index contributed by atoms with van der Waals surface area (Å²) in [6.45, 7) is 3.02. The first kappa shape index (κ1) is 18.4. The molecule has 2 aromatic rings. The van der Waals surface area contributed by atoms with Gasteiger partial charge in [-0.15, -0.1) is 10.2 Å². The summed E-state index contributed by atoms with van der Waals surface area (Å²) in [5.41, 5.74) is 7.13. The lowest BCUT2D eigenvalue weighted by Crippen LogP contribution is -2.43. The SMILES string of the molecule is CCOC(=O)N1CC=C(NNC(=O)Cn2nnc(-c3ccccc3)n2)CC1. The Hall–Kier alpha value is -3.43. The summed E-state index contributed by atoms with van der Waals surface area (Å²) in [5.74, 6) is 0.158. The van der Waals surface area contributed by atoms with Crippen LogP contribution in [0.3, 0.4) is 0 Å². The highest BCUT2D eigenvalue weighted by Crippen LogP contribution is 2.11. The zero-order chi connectivity index (χ0) is 19.1. The molecular formula is C17H21N7O3. The monoisotopic (exact) mass is 371 g/mol. The molecule has 1 aliphatic rings. The minimum absolute atomic E-state index is 0.0605. The van der Waals surface area contributed by atoms with Crippen LogP contribution in [-0.2, 0) is 16.1 Å². The molecule has 1 aromatic heterocycles. The summed E-state index contributed by atoms with van der Waals surface area (Å²) in [6, 6.07) is 9.41. The van der Waals surface area contributed by atoms with E-state index in [-0.39, 0.29) is 18.5 Å². The van der Waals surface area contributed by atoms with Crippen molar-refractivity contribution in [3.63, 3.8) is 0 Å². The molecule has 0 aliphatic carbocycles. The molecule has 1 aromatic carbocycles. The number of rotatable bonds is 6. The molecule has 142 valence electrons. The van der Waals surface area contributed by atoms with Crippen molar-refractivity contribution in [1.82, 2.24) is 36.0 Å². The van der Waals surface area contributed by atoms with Crippen LogP contribution in [0.2, 0.25) is 0 Å². The normalized spacial score (nSPS) is 13.7. The lowest BCUT2D eigenvalue weighted by molar-refractivity contribution is -0.122. The first-order valence-electron chi connectivity index (χ1n) is 8.64. The van der Waals surface area contributed by atoms with Crippen LogP contribution in [0.5, 0.6) is 0 Å². The molecular weight excluding hydrogens is 350 g/mol. The Bertz CT molecular complexity index is 819. The number of carbonyl (C=O) groups is 2. The summed E-state index contributed by atoms with van der Waals surface area (Å²) in [5, 5.41) is 12.0. The Morgan fingerprint density at radius 2 is 2.07 bits per heavy atom. The van der Waals surface area contributed by atoms with Gasteiger partial charge in [0.15, 0.2) is 0 Å². The van der Waals surface area contributed by atoms with E-state index in [1.54, 1.807) is 11.8 Å². The number of nitrogens with zero attached hydrogens (tertiary/aromatic N) is 5. The maximum absolute atomic E-state index is 12.0. The quantitative estimate of drug-likeness (QED) is 0.719. The maximum Gasteiger partial charge on any atom is 0.410 e. The molecule has 10 nitrogen and oxygen atoms in total. The molecule has 2 N–H and O–H groups in total. The summed E-state index contributed by atoms with van der Waals surface area (Å²) >= 11 is 0. The van der Waals surface area contributed by atoms with Gasteiger partial charge >= 0.3 is 6.09 Å². The van der Waals surface area contributed by atoms with Crippen LogP contribution >= 0.6 is 0 Å². The van der Waals surface area contributed by atoms with Crippen LogP contribution in [0, 0.1) is 0 Å². The number of amides is 2. The Labute approximate surface area is 156 Å². The highest BCUT2D eigenvalue weighted by atomic mass is 16.6. The molecule has 0 spiro atoms. The highest BCUT2D eigenvalue weighted by Gasteiger charge is 2.18. The maximum atomic E-state index is 12.0. The summed E-state index contributed by atoms with van der Waals surface area (Å²) < 4.78 is 4.96. The van der Waals surface area contributed by atoms with Gasteiger partial charge in [-0.05, 0) is 18.2 Å². The molecule has 0 atom stereocenters. The second-order valence-electron chi connectivity index (χ2n) is 5.81. The molecule has 0 unspecified atom stereocenters. The third-order valence-corrected chi connectivity index (χ3v) is 3.87. The Morgan fingerprint density at radius 1 is 1.26 bits per heavy atom. The lowest BCUT2D eigenvalue weighted by atomic mass is 10.2. The van der Waals surface area contributed by atoms with E-state index >= 15 is 0 Å². The number of hydrogen-bond donors (Lipinski definition) is 2. The van der Waals surface area contributed by atoms with Gasteiger partial charge in [-0.1, -0.05) is 30.3 Å². The number of nitrogens with one attached hydrogen (secondary N) is 2. The molecule has 0 saturated heterocycles. The Kier molecular flexibility index (Phi) is 5.98. The van der Waals surface area contributed by atoms with Crippen molar-refractivity contribution in [3.8, 4) is 11.4 Å². The number of tetrazole rings is 1. The predicted octanol–water partition coefficient (Wildman–Crippen LogP) is 0.707. The van der Waals surface area contributed by atoms with E-state index in [2.05, 4.69) is 26.3 Å². The smallest absolute Gasteiger partial charge is 0.410 e. The van der Waals surface area contributed by atoms with E-state index < -0.39 is 0 Å². The molecule has 2 amide bonds. The summed E-state index contributed by atoms with van der Waals surface area (Å²) in [7, 11) is 0. The minimum Gasteiger partial charge on any atom is -0.450 e. The van der Waals surface area contributed by atoms with Crippen LogP contribution in [0.25, 0.3) is 11.4 Å². The molecule has 0 saturated carbocycles. The second-order valence-corrected chi connectivity index (χ2v) is 5.81. The molecule has 0 bridgehead atoms. The van der Waals surface area contributed by atoms with Gasteiger partial charge in [-0.2, -0.15) is 4.80 Å². The Balaban J connectivity index is 1.45. The van der Waals surface area contributed by atoms with Crippen LogP contribution in [-0.4, -0.2) is 56.8 Å². The van der Waals surface area contributed by atoms with Gasteiger partial charge < -0.3 is 15.1 Å². The molecule has 27 heavy (non-hydrogen) atoms. The number of ether oxygens (including phenoxy) is 1. The van der Waals surface area contributed by atoms with E-state index in [1.807, 2.05) is 36.4 Å². The van der Waals surface area contributed by atoms with Gasteiger partial charge in [-0.3, -0.25) is 10.2 Å². The number of aromatic nitrogens is 4. The summed E-state index contributed by atoms with van der Waals surface area (Å²) in [4.78, 5) is 26.5. The zero-order valence-electron chi connectivity index (χ0n) is 15.0. The molecule has 0 radical (unpaired) electrons. The van der Waals surface area contributed by atoms with Crippen molar-refractivity contribution in [1.29, 1.82) is 0 Å². The Morgan fingerprint density at radius 3 is 2.78 bits per heavy atom. The summed E-state index contributed by atoms with van der Waals surface area (Å²) in [6.07, 6.45) is 2.10. The van der Waals surface area contributed by atoms with E-state index in [1.165, 1.54) is 4.80 Å². The van der Waals surface area contributed by atoms with E-state index in [4.69, 9.17) is 4.74 Å². The number of carbonyl (C=O) groups excluding carboxylic acids is 2. The van der Waals surface area contributed by atoms with Gasteiger partial charge in [0.05, 0.1) is 6.61 Å². The van der Waals surface area contributed by atoms with Crippen molar-refractivity contribution >= 4 is 12.0 Å². The average Bonchev–Trinajstić information content (AvgIpc) is 3.16. The number of hydrazine groups is 1. The molecule has 10 heteroatoms. The molecule has 3 rings (SSSR count). The van der Waals surface area contributed by atoms with Crippen molar-refractivity contribution in [2.24, 2.45) is 0 Å². The van der Waals surface area contributed by atoms with E-state index in [9.17, 15) is 9.59 Å². The van der Waals surface area contributed by atoms with Gasteiger partial charge in [0.1, 0.15) is 6.54 Å². The second kappa shape index (κ2) is 8.79. The van der Waals surface area contributed by atoms with Crippen molar-refractivity contribution in [3.05, 3.63) is 42.1 Å². The standard InChI is InChI=1S/C17H21N7O3/c1-2-27-17(26)23-10-8-14(9-11-23)18-19-15(25)12-24-21-16(20-22-24)13-6-4-3-5-7-13/h3-8,18H,2,9-12H2,1H3,(H,19,25). The minimum atomic E-state index is -0.330. The lowest BCUT2D eigenvalue weighted by Gasteiger charge is -2.26. The number of benzene rings is 1. The van der Waals surface area contributed by atoms with Crippen LogP contribution in [0.1, 0.15) is 13.3 Å². The first-order chi connectivity index (χ1) is 13.2. The fraction of sp³-hybridized carbons (Fsp3) is 0.353. The largest absolute Gasteiger partial charge is 0.450 e. The van der Waals surface area contributed by atoms with Crippen molar-refractivity contribution < 1.29 is 14.3 Å². The first-order valence-corrected chi connectivity index (χ1v) is 8.64. The zero-order valence-corrected chi connectivity index (χ0v) is 15.0. The third kappa shape index (κ3) is 5.03. The number of hydrogen-bond acceptors (Lipinski definition) is 7. The average molecular weight is 371 g/mol. The van der Waals surface area contributed by atoms with Gasteiger partial charge in [0.2, 0.25) is 5.82 Å². The van der Waals surface area contributed by atoms with E-state index in [0.717, 1.165) is 11.3 Å². The molecule has 2 heterocycles. The fourth-order valence-corrected chi connectivity index (χ4v) is 2.49. The van der Waals surface area contributed by atoms with Crippen LogP contribution < -0.4 is 10.9 Å². The molecule has 1 aliphatic heterocycles. The van der Waals surface area contributed by atoms with Crippen molar-refractivity contribution in [2.75, 3.05) is 19.7 Å². The highest BCUT2D eigenvalue weighted by molar-refractivity contribution is 5.75. The third-order valence-electron chi connectivity index (χ3n) is 3.87. The van der Waals surface area contributed by atoms with Gasteiger partial charge in [-0.25, -0.2) is 4.79 Å². The molecule has 0 fully saturated rings. The van der Waals surface area contributed by atoms with E-state index in [0.29, 0.717) is 31.9 Å². The van der Waals surface area contributed by atoms with Crippen LogP contribution in [0.15, 0.2) is 42.1 Å². The van der Waals surface area contributed by atoms with Gasteiger partial charge in [0.25, 0.3) is 5.91 Å². The fourth-order valence-electron chi connectivity index (χ4n) is 2.49. The van der Waals surface area contributed by atoms with Crippen molar-refractivity contribution in [2.45, 2.75) is 19.9 Å². The van der Waals surface area contributed by atoms with Crippen LogP contribution in [0.4, 0.5) is 4.79 Å². The van der Waals surface area contributed by atoms with Gasteiger partial charge in [0, 0.05) is 30.8 Å². The predicted molar refractivity (Wildman–Crippen MR) is 95.8 cm³/mol. The topological polar surface area (TPSA) is 114 Å².